The van der Waals surface area contributed by atoms with Crippen LogP contribution < -0.4 is 10.6 Å². The first kappa shape index (κ1) is 11.4. The van der Waals surface area contributed by atoms with Crippen molar-refractivity contribution < 1.29 is 0 Å². The molecule has 4 nitrogen and oxygen atoms in total. The van der Waals surface area contributed by atoms with Crippen LogP contribution in [0.3, 0.4) is 0 Å². The van der Waals surface area contributed by atoms with E-state index in [4.69, 9.17) is 5.73 Å². The minimum atomic E-state index is 0.400. The number of aromatic nitrogens is 2. The molecule has 1 aliphatic heterocycles. The summed E-state index contributed by atoms with van der Waals surface area (Å²) in [5.74, 6) is 2.44. The topological polar surface area (TPSA) is 55.0 Å². The summed E-state index contributed by atoms with van der Waals surface area (Å²) in [6.45, 7) is 4.33. The number of hydrogen-bond acceptors (Lipinski definition) is 5. The Labute approximate surface area is 106 Å². The maximum atomic E-state index is 6.23. The average Bonchev–Trinajstić information content (AvgIpc) is 2.95. The van der Waals surface area contributed by atoms with Gasteiger partial charge in [-0.1, -0.05) is 13.3 Å². The van der Waals surface area contributed by atoms with Gasteiger partial charge in [0, 0.05) is 37.1 Å². The van der Waals surface area contributed by atoms with Gasteiger partial charge in [-0.05, 0) is 24.7 Å². The summed E-state index contributed by atoms with van der Waals surface area (Å²) in [4.78, 5) is 6.99. The second kappa shape index (κ2) is 4.53. The van der Waals surface area contributed by atoms with Crippen LogP contribution in [0.2, 0.25) is 0 Å². The fourth-order valence-corrected chi connectivity index (χ4v) is 3.96. The van der Waals surface area contributed by atoms with Crippen molar-refractivity contribution in [2.24, 2.45) is 17.6 Å². The Morgan fingerprint density at radius 3 is 3.00 bits per heavy atom. The lowest BCUT2D eigenvalue weighted by Crippen LogP contribution is -2.38. The van der Waals surface area contributed by atoms with Gasteiger partial charge < -0.3 is 10.6 Å². The lowest BCUT2D eigenvalue weighted by molar-refractivity contribution is 0.260. The highest BCUT2D eigenvalue weighted by atomic mass is 32.1. The third-order valence-corrected chi connectivity index (χ3v) is 5.01. The SMILES string of the molecule is CCc1nsc(N2CC3CCCC(N)C3C2)n1. The smallest absolute Gasteiger partial charge is 0.205 e. The first-order valence-electron chi connectivity index (χ1n) is 6.61. The molecule has 3 rings (SSSR count). The summed E-state index contributed by atoms with van der Waals surface area (Å²) in [6, 6.07) is 0.400. The molecular formula is C12H20N4S. The summed E-state index contributed by atoms with van der Waals surface area (Å²) in [7, 11) is 0. The van der Waals surface area contributed by atoms with Crippen LogP contribution in [0, 0.1) is 11.8 Å². The minimum absolute atomic E-state index is 0.400. The van der Waals surface area contributed by atoms with E-state index in [9.17, 15) is 0 Å². The zero-order chi connectivity index (χ0) is 11.8. The summed E-state index contributed by atoms with van der Waals surface area (Å²) in [6.07, 6.45) is 4.77. The predicted molar refractivity (Wildman–Crippen MR) is 70.3 cm³/mol. The van der Waals surface area contributed by atoms with E-state index in [2.05, 4.69) is 21.2 Å². The van der Waals surface area contributed by atoms with Crippen molar-refractivity contribution in [3.63, 3.8) is 0 Å². The Morgan fingerprint density at radius 2 is 2.29 bits per heavy atom. The molecule has 5 heteroatoms. The van der Waals surface area contributed by atoms with Gasteiger partial charge in [0.25, 0.3) is 0 Å². The Morgan fingerprint density at radius 1 is 1.41 bits per heavy atom. The fourth-order valence-electron chi connectivity index (χ4n) is 3.19. The van der Waals surface area contributed by atoms with Gasteiger partial charge in [0.1, 0.15) is 5.82 Å². The molecule has 0 radical (unpaired) electrons. The van der Waals surface area contributed by atoms with E-state index in [0.717, 1.165) is 36.4 Å². The molecule has 1 aliphatic carbocycles. The van der Waals surface area contributed by atoms with Crippen LogP contribution in [0.25, 0.3) is 0 Å². The zero-order valence-corrected chi connectivity index (χ0v) is 11.1. The predicted octanol–water partition coefficient (Wildman–Crippen LogP) is 1.66. The molecule has 1 aromatic heterocycles. The first-order valence-corrected chi connectivity index (χ1v) is 7.38. The average molecular weight is 252 g/mol. The minimum Gasteiger partial charge on any atom is -0.346 e. The van der Waals surface area contributed by atoms with E-state index >= 15 is 0 Å². The largest absolute Gasteiger partial charge is 0.346 e. The van der Waals surface area contributed by atoms with E-state index in [1.807, 2.05) is 0 Å². The normalized spacial score (nSPS) is 32.8. The Balaban J connectivity index is 1.74. The maximum Gasteiger partial charge on any atom is 0.205 e. The molecule has 2 aliphatic rings. The number of aryl methyl sites for hydroxylation is 1. The van der Waals surface area contributed by atoms with Crippen molar-refractivity contribution in [2.45, 2.75) is 38.6 Å². The van der Waals surface area contributed by atoms with Crippen LogP contribution in [0.1, 0.15) is 32.0 Å². The summed E-state index contributed by atoms with van der Waals surface area (Å²) in [5, 5.41) is 1.10. The van der Waals surface area contributed by atoms with Crippen LogP contribution in [-0.4, -0.2) is 28.5 Å². The monoisotopic (exact) mass is 252 g/mol. The zero-order valence-electron chi connectivity index (χ0n) is 10.3. The van der Waals surface area contributed by atoms with Gasteiger partial charge in [0.2, 0.25) is 5.13 Å². The molecule has 0 aromatic carbocycles. The lowest BCUT2D eigenvalue weighted by Gasteiger charge is -2.29. The second-order valence-electron chi connectivity index (χ2n) is 5.27. The standard InChI is InChI=1S/C12H20N4S/c1-2-11-14-12(17-15-11)16-6-8-4-3-5-10(13)9(8)7-16/h8-10H,2-7,13H2,1H3. The molecule has 3 atom stereocenters. The molecule has 1 aromatic rings. The van der Waals surface area contributed by atoms with Gasteiger partial charge in [0.05, 0.1) is 0 Å². The van der Waals surface area contributed by atoms with E-state index in [1.165, 1.54) is 19.3 Å². The molecular weight excluding hydrogens is 232 g/mol. The number of fused-ring (bicyclic) bond motifs is 1. The number of nitrogens with two attached hydrogens (primary N) is 1. The van der Waals surface area contributed by atoms with Gasteiger partial charge in [-0.2, -0.15) is 4.37 Å². The number of anilines is 1. The molecule has 1 saturated heterocycles. The number of nitrogens with zero attached hydrogens (tertiary/aromatic N) is 3. The number of rotatable bonds is 2. The highest BCUT2D eigenvalue weighted by Gasteiger charge is 2.39. The Bertz CT molecular complexity index is 392. The van der Waals surface area contributed by atoms with Gasteiger partial charge in [0.15, 0.2) is 0 Å². The maximum absolute atomic E-state index is 6.23. The molecule has 17 heavy (non-hydrogen) atoms. The molecule has 0 bridgehead atoms. The molecule has 2 fully saturated rings. The second-order valence-corrected chi connectivity index (χ2v) is 6.00. The summed E-state index contributed by atoms with van der Waals surface area (Å²) >= 11 is 1.54. The molecule has 0 amide bonds. The number of hydrogen-bond donors (Lipinski definition) is 1. The fraction of sp³-hybridized carbons (Fsp3) is 0.833. The van der Waals surface area contributed by atoms with Gasteiger partial charge in [-0.15, -0.1) is 0 Å². The summed E-state index contributed by atoms with van der Waals surface area (Å²) < 4.78 is 4.37. The van der Waals surface area contributed by atoms with E-state index in [0.29, 0.717) is 12.0 Å². The van der Waals surface area contributed by atoms with Crippen molar-refractivity contribution in [1.29, 1.82) is 0 Å². The van der Waals surface area contributed by atoms with Crippen LogP contribution in [-0.2, 0) is 6.42 Å². The van der Waals surface area contributed by atoms with Crippen LogP contribution >= 0.6 is 11.5 Å². The van der Waals surface area contributed by atoms with E-state index in [-0.39, 0.29) is 0 Å². The van der Waals surface area contributed by atoms with Crippen LogP contribution in [0.4, 0.5) is 5.13 Å². The highest BCUT2D eigenvalue weighted by Crippen LogP contribution is 2.37. The van der Waals surface area contributed by atoms with E-state index in [1.54, 1.807) is 11.5 Å². The molecule has 2 heterocycles. The highest BCUT2D eigenvalue weighted by molar-refractivity contribution is 7.09. The van der Waals surface area contributed by atoms with Crippen LogP contribution in [0.15, 0.2) is 0 Å². The van der Waals surface area contributed by atoms with Crippen molar-refractivity contribution in [2.75, 3.05) is 18.0 Å². The van der Waals surface area contributed by atoms with Crippen molar-refractivity contribution >= 4 is 16.7 Å². The first-order chi connectivity index (χ1) is 8.28. The van der Waals surface area contributed by atoms with Gasteiger partial charge in [-0.3, -0.25) is 0 Å². The van der Waals surface area contributed by atoms with Crippen molar-refractivity contribution in [3.8, 4) is 0 Å². The molecule has 0 spiro atoms. The molecule has 3 unspecified atom stereocenters. The third-order valence-electron chi connectivity index (χ3n) is 4.20. The molecule has 94 valence electrons. The molecule has 2 N–H and O–H groups in total. The van der Waals surface area contributed by atoms with Crippen molar-refractivity contribution in [3.05, 3.63) is 5.82 Å². The summed E-state index contributed by atoms with van der Waals surface area (Å²) in [5.41, 5.74) is 6.23. The van der Waals surface area contributed by atoms with Crippen LogP contribution in [0.5, 0.6) is 0 Å². The van der Waals surface area contributed by atoms with Crippen molar-refractivity contribution in [1.82, 2.24) is 9.36 Å². The molecule has 1 saturated carbocycles. The lowest BCUT2D eigenvalue weighted by atomic mass is 9.78. The van der Waals surface area contributed by atoms with E-state index < -0.39 is 0 Å². The quantitative estimate of drug-likeness (QED) is 0.870. The van der Waals surface area contributed by atoms with Gasteiger partial charge >= 0.3 is 0 Å². The Kier molecular flexibility index (Phi) is 3.04. The Hall–Kier alpha value is -0.680. The third kappa shape index (κ3) is 2.06. The van der Waals surface area contributed by atoms with Gasteiger partial charge in [-0.25, -0.2) is 4.98 Å².